The van der Waals surface area contributed by atoms with Crippen LogP contribution in [-0.4, -0.2) is 45.1 Å². The second-order valence-electron chi connectivity index (χ2n) is 5.93. The number of hydrogen-bond donors (Lipinski definition) is 1. The molecule has 0 unspecified atom stereocenters. The second-order valence-corrected chi connectivity index (χ2v) is 7.87. The topological polar surface area (TPSA) is 96.4 Å². The van der Waals surface area contributed by atoms with Crippen molar-refractivity contribution in [2.24, 2.45) is 5.73 Å². The van der Waals surface area contributed by atoms with Gasteiger partial charge in [-0.1, -0.05) is 0 Å². The minimum Gasteiger partial charge on any atom is -0.378 e. The van der Waals surface area contributed by atoms with Crippen LogP contribution in [-0.2, 0) is 20.9 Å². The first-order chi connectivity index (χ1) is 12.2. The van der Waals surface area contributed by atoms with Crippen molar-refractivity contribution >= 4 is 10.0 Å². The van der Waals surface area contributed by atoms with Gasteiger partial charge in [-0.15, -0.1) is 0 Å². The maximum Gasteiger partial charge on any atom is 0.417 e. The molecule has 26 heavy (non-hydrogen) atoms. The van der Waals surface area contributed by atoms with E-state index in [9.17, 15) is 21.6 Å². The maximum absolute atomic E-state index is 13.1. The molecule has 0 amide bonds. The third-order valence-corrected chi connectivity index (χ3v) is 6.05. The number of piperidine rings is 1. The predicted molar refractivity (Wildman–Crippen MR) is 87.6 cm³/mol. The van der Waals surface area contributed by atoms with Gasteiger partial charge in [-0.2, -0.15) is 22.7 Å². The molecule has 1 aromatic rings. The minimum atomic E-state index is -4.81. The van der Waals surface area contributed by atoms with E-state index < -0.39 is 32.2 Å². The van der Waals surface area contributed by atoms with Crippen molar-refractivity contribution in [2.75, 3.05) is 26.2 Å². The SMILES string of the molecule is N#Cc1ccc(S(=O)(=O)N2CCC(OCCCN)CC2)cc1C(F)(F)F. The zero-order valence-electron chi connectivity index (χ0n) is 14.0. The van der Waals surface area contributed by atoms with Crippen molar-refractivity contribution < 1.29 is 26.3 Å². The second kappa shape index (κ2) is 8.35. The van der Waals surface area contributed by atoms with Crippen molar-refractivity contribution in [3.05, 3.63) is 29.3 Å². The molecule has 0 radical (unpaired) electrons. The predicted octanol–water partition coefficient (Wildman–Crippen LogP) is 2.10. The van der Waals surface area contributed by atoms with Gasteiger partial charge in [0.05, 0.1) is 28.2 Å². The lowest BCUT2D eigenvalue weighted by atomic mass is 10.1. The number of rotatable bonds is 6. The maximum atomic E-state index is 13.1. The summed E-state index contributed by atoms with van der Waals surface area (Å²) in [6, 6.07) is 3.88. The lowest BCUT2D eigenvalue weighted by molar-refractivity contribution is -0.137. The van der Waals surface area contributed by atoms with Crippen LogP contribution in [0.25, 0.3) is 0 Å². The Morgan fingerprint density at radius 1 is 1.31 bits per heavy atom. The summed E-state index contributed by atoms with van der Waals surface area (Å²) in [5, 5.41) is 8.81. The van der Waals surface area contributed by atoms with E-state index in [-0.39, 0.29) is 19.2 Å². The molecule has 1 aromatic carbocycles. The summed E-state index contributed by atoms with van der Waals surface area (Å²) < 4.78 is 71.2. The lowest BCUT2D eigenvalue weighted by Crippen LogP contribution is -2.41. The number of nitrogens with zero attached hydrogens (tertiary/aromatic N) is 2. The van der Waals surface area contributed by atoms with Gasteiger partial charge >= 0.3 is 6.18 Å². The Hall–Kier alpha value is -1.67. The third kappa shape index (κ3) is 4.73. The Balaban J connectivity index is 2.15. The van der Waals surface area contributed by atoms with Crippen LogP contribution in [0.15, 0.2) is 23.1 Å². The smallest absolute Gasteiger partial charge is 0.378 e. The Labute approximate surface area is 150 Å². The van der Waals surface area contributed by atoms with Crippen LogP contribution in [0.5, 0.6) is 0 Å². The van der Waals surface area contributed by atoms with Crippen molar-refractivity contribution in [1.82, 2.24) is 4.31 Å². The number of ether oxygens (including phenoxy) is 1. The highest BCUT2D eigenvalue weighted by atomic mass is 32.2. The third-order valence-electron chi connectivity index (χ3n) is 4.16. The van der Waals surface area contributed by atoms with Crippen LogP contribution in [0.1, 0.15) is 30.4 Å². The Kier molecular flexibility index (Phi) is 6.63. The highest BCUT2D eigenvalue weighted by molar-refractivity contribution is 7.89. The van der Waals surface area contributed by atoms with E-state index in [0.717, 1.165) is 16.4 Å². The van der Waals surface area contributed by atoms with Crippen molar-refractivity contribution in [2.45, 2.75) is 36.4 Å². The van der Waals surface area contributed by atoms with Crippen LogP contribution in [0, 0.1) is 11.3 Å². The van der Waals surface area contributed by atoms with Crippen LogP contribution in [0.2, 0.25) is 0 Å². The van der Waals surface area contributed by atoms with Crippen molar-refractivity contribution in [3.63, 3.8) is 0 Å². The summed E-state index contributed by atoms with van der Waals surface area (Å²) in [6.07, 6.45) is -3.25. The Morgan fingerprint density at radius 3 is 2.50 bits per heavy atom. The molecular weight excluding hydrogens is 371 g/mol. The highest BCUT2D eigenvalue weighted by Gasteiger charge is 2.36. The number of nitriles is 1. The number of alkyl halides is 3. The molecule has 0 atom stereocenters. The molecule has 0 aliphatic carbocycles. The highest BCUT2D eigenvalue weighted by Crippen LogP contribution is 2.34. The molecule has 1 aliphatic rings. The fourth-order valence-electron chi connectivity index (χ4n) is 2.74. The number of hydrogen-bond acceptors (Lipinski definition) is 5. The van der Waals surface area contributed by atoms with Gasteiger partial charge in [0.25, 0.3) is 0 Å². The van der Waals surface area contributed by atoms with Gasteiger partial charge in [-0.05, 0) is 44.0 Å². The van der Waals surface area contributed by atoms with Crippen LogP contribution in [0.3, 0.4) is 0 Å². The van der Waals surface area contributed by atoms with Gasteiger partial charge in [-0.3, -0.25) is 0 Å². The summed E-state index contributed by atoms with van der Waals surface area (Å²) >= 11 is 0. The molecule has 2 rings (SSSR count). The van der Waals surface area contributed by atoms with Crippen molar-refractivity contribution in [1.29, 1.82) is 5.26 Å². The molecule has 0 bridgehead atoms. The molecule has 2 N–H and O–H groups in total. The van der Waals surface area contributed by atoms with Gasteiger partial charge in [0.1, 0.15) is 0 Å². The van der Waals surface area contributed by atoms with Crippen LogP contribution in [0.4, 0.5) is 13.2 Å². The quantitative estimate of drug-likeness (QED) is 0.749. The molecule has 1 saturated heterocycles. The summed E-state index contributed by atoms with van der Waals surface area (Å²) in [4.78, 5) is -0.466. The molecule has 1 fully saturated rings. The average molecular weight is 391 g/mol. The number of nitrogens with two attached hydrogens (primary N) is 1. The van der Waals surface area contributed by atoms with Gasteiger partial charge in [-0.25, -0.2) is 8.42 Å². The summed E-state index contributed by atoms with van der Waals surface area (Å²) in [6.45, 7) is 1.33. The molecule has 0 saturated carbocycles. The van der Waals surface area contributed by atoms with E-state index in [0.29, 0.717) is 38.5 Å². The zero-order valence-corrected chi connectivity index (χ0v) is 14.8. The van der Waals surface area contributed by atoms with Gasteiger partial charge in [0, 0.05) is 19.7 Å². The van der Waals surface area contributed by atoms with Gasteiger partial charge in [0.15, 0.2) is 0 Å². The first-order valence-corrected chi connectivity index (χ1v) is 9.57. The number of sulfonamides is 1. The summed E-state index contributed by atoms with van der Waals surface area (Å²) in [5.74, 6) is 0. The molecular formula is C16H20F3N3O3S. The molecule has 10 heteroatoms. The molecule has 6 nitrogen and oxygen atoms in total. The molecule has 144 valence electrons. The zero-order chi connectivity index (χ0) is 19.4. The fraction of sp³-hybridized carbons (Fsp3) is 0.562. The first-order valence-electron chi connectivity index (χ1n) is 8.13. The van der Waals surface area contributed by atoms with Gasteiger partial charge in [0.2, 0.25) is 10.0 Å². The number of benzene rings is 1. The van der Waals surface area contributed by atoms with Crippen LogP contribution >= 0.6 is 0 Å². The Bertz CT molecular complexity index is 767. The fourth-order valence-corrected chi connectivity index (χ4v) is 4.23. The standard InChI is InChI=1S/C16H20F3N3O3S/c17-16(18,19)15-10-14(3-2-12(15)11-21)26(23,24)22-7-4-13(5-8-22)25-9-1-6-20/h2-3,10,13H,1,4-9,20H2. The first kappa shape index (κ1) is 20.6. The van der Waals surface area contributed by atoms with E-state index in [1.165, 1.54) is 6.07 Å². The normalized spacial score (nSPS) is 17.2. The lowest BCUT2D eigenvalue weighted by Gasteiger charge is -2.31. The average Bonchev–Trinajstić information content (AvgIpc) is 2.61. The van der Waals surface area contributed by atoms with E-state index in [4.69, 9.17) is 15.7 Å². The van der Waals surface area contributed by atoms with Crippen LogP contribution < -0.4 is 5.73 Å². The molecule has 1 aliphatic heterocycles. The van der Waals surface area contributed by atoms with Crippen molar-refractivity contribution in [3.8, 4) is 6.07 Å². The molecule has 1 heterocycles. The number of halogens is 3. The monoisotopic (exact) mass is 391 g/mol. The van der Waals surface area contributed by atoms with E-state index in [1.807, 2.05) is 0 Å². The van der Waals surface area contributed by atoms with E-state index in [2.05, 4.69) is 0 Å². The van der Waals surface area contributed by atoms with E-state index in [1.54, 1.807) is 0 Å². The molecule has 0 aromatic heterocycles. The van der Waals surface area contributed by atoms with Gasteiger partial charge < -0.3 is 10.5 Å². The molecule has 0 spiro atoms. The summed E-state index contributed by atoms with van der Waals surface area (Å²) in [5.41, 5.74) is 3.53. The van der Waals surface area contributed by atoms with E-state index >= 15 is 0 Å². The Morgan fingerprint density at radius 2 is 1.96 bits per heavy atom. The largest absolute Gasteiger partial charge is 0.417 e. The minimum absolute atomic E-state index is 0.0836. The summed E-state index contributed by atoms with van der Waals surface area (Å²) in [7, 11) is -4.07.